The van der Waals surface area contributed by atoms with E-state index in [-0.39, 0.29) is 18.9 Å². The minimum Gasteiger partial charge on any atom is -0.482 e. The molecular formula is C15H19Cl2NO4. The van der Waals surface area contributed by atoms with Crippen LogP contribution in [0.5, 0.6) is 5.75 Å². The van der Waals surface area contributed by atoms with E-state index in [1.807, 2.05) is 0 Å². The highest BCUT2D eigenvalue weighted by Gasteiger charge is 2.06. The first-order valence-corrected chi connectivity index (χ1v) is 7.81. The van der Waals surface area contributed by atoms with Crippen LogP contribution in [0.15, 0.2) is 18.2 Å². The molecule has 1 aromatic rings. The van der Waals surface area contributed by atoms with E-state index in [1.165, 1.54) is 0 Å². The van der Waals surface area contributed by atoms with Crippen LogP contribution in [0.25, 0.3) is 0 Å². The first-order chi connectivity index (χ1) is 10.5. The smallest absolute Gasteiger partial charge is 0.303 e. The van der Waals surface area contributed by atoms with Crippen molar-refractivity contribution in [2.75, 3.05) is 13.2 Å². The van der Waals surface area contributed by atoms with E-state index in [0.717, 1.165) is 19.3 Å². The van der Waals surface area contributed by atoms with Crippen molar-refractivity contribution in [2.45, 2.75) is 32.1 Å². The van der Waals surface area contributed by atoms with E-state index in [9.17, 15) is 9.59 Å². The molecule has 0 bridgehead atoms. The average molecular weight is 348 g/mol. The van der Waals surface area contributed by atoms with Crippen molar-refractivity contribution in [1.29, 1.82) is 0 Å². The lowest BCUT2D eigenvalue weighted by molar-refractivity contribution is -0.137. The second-order valence-corrected chi connectivity index (χ2v) is 5.61. The molecule has 0 saturated heterocycles. The van der Waals surface area contributed by atoms with Gasteiger partial charge in [0.25, 0.3) is 5.91 Å². The molecule has 0 atom stereocenters. The van der Waals surface area contributed by atoms with Crippen molar-refractivity contribution in [2.24, 2.45) is 0 Å². The molecule has 0 spiro atoms. The summed E-state index contributed by atoms with van der Waals surface area (Å²) in [6.07, 6.45) is 3.41. The number of carboxylic acid groups (broad SMARTS) is 1. The molecule has 22 heavy (non-hydrogen) atoms. The Kier molecular flexibility index (Phi) is 8.70. The number of halogens is 2. The lowest BCUT2D eigenvalue weighted by Crippen LogP contribution is -2.29. The van der Waals surface area contributed by atoms with Crippen LogP contribution in [0.3, 0.4) is 0 Å². The molecule has 0 aliphatic heterocycles. The lowest BCUT2D eigenvalue weighted by Gasteiger charge is -2.09. The van der Waals surface area contributed by atoms with Crippen LogP contribution in [0, 0.1) is 0 Å². The second-order valence-electron chi connectivity index (χ2n) is 4.77. The largest absolute Gasteiger partial charge is 0.482 e. The predicted molar refractivity (Wildman–Crippen MR) is 85.7 cm³/mol. The summed E-state index contributed by atoms with van der Waals surface area (Å²) >= 11 is 11.7. The van der Waals surface area contributed by atoms with Crippen molar-refractivity contribution in [3.05, 3.63) is 28.2 Å². The summed E-state index contributed by atoms with van der Waals surface area (Å²) in [7, 11) is 0. The van der Waals surface area contributed by atoms with Crippen LogP contribution in [0.1, 0.15) is 32.1 Å². The molecule has 1 rings (SSSR count). The standard InChI is InChI=1S/C15H19Cl2NO4/c16-11-6-7-13(12(17)9-11)22-10-14(19)18-8-4-2-1-3-5-15(20)21/h6-7,9H,1-5,8,10H2,(H,18,19)(H,20,21). The van der Waals surface area contributed by atoms with E-state index in [2.05, 4.69) is 5.32 Å². The van der Waals surface area contributed by atoms with Gasteiger partial charge < -0.3 is 15.2 Å². The Bertz CT molecular complexity index is 508. The zero-order chi connectivity index (χ0) is 16.4. The summed E-state index contributed by atoms with van der Waals surface area (Å²) in [4.78, 5) is 21.9. The average Bonchev–Trinajstić information content (AvgIpc) is 2.45. The van der Waals surface area contributed by atoms with Crippen molar-refractivity contribution < 1.29 is 19.4 Å². The molecular weight excluding hydrogens is 329 g/mol. The molecule has 0 fully saturated rings. The van der Waals surface area contributed by atoms with Gasteiger partial charge in [0, 0.05) is 18.0 Å². The number of amides is 1. The summed E-state index contributed by atoms with van der Waals surface area (Å²) < 4.78 is 5.31. The van der Waals surface area contributed by atoms with Crippen molar-refractivity contribution >= 4 is 35.1 Å². The van der Waals surface area contributed by atoms with Crippen molar-refractivity contribution in [3.63, 3.8) is 0 Å². The van der Waals surface area contributed by atoms with Crippen LogP contribution in [0.2, 0.25) is 10.0 Å². The highest BCUT2D eigenvalue weighted by molar-refractivity contribution is 6.35. The molecule has 5 nitrogen and oxygen atoms in total. The number of hydrogen-bond donors (Lipinski definition) is 2. The number of nitrogens with one attached hydrogen (secondary N) is 1. The number of aliphatic carboxylic acids is 1. The number of unbranched alkanes of at least 4 members (excludes halogenated alkanes) is 3. The fraction of sp³-hybridized carbons (Fsp3) is 0.467. The summed E-state index contributed by atoms with van der Waals surface area (Å²) in [5.41, 5.74) is 0. The number of rotatable bonds is 10. The predicted octanol–water partition coefficient (Wildman–Crippen LogP) is 3.52. The van der Waals surface area contributed by atoms with Gasteiger partial charge in [-0.05, 0) is 31.0 Å². The van der Waals surface area contributed by atoms with Gasteiger partial charge >= 0.3 is 5.97 Å². The minimum atomic E-state index is -0.772. The van der Waals surface area contributed by atoms with E-state index in [1.54, 1.807) is 18.2 Å². The number of benzene rings is 1. The first-order valence-electron chi connectivity index (χ1n) is 7.05. The summed E-state index contributed by atoms with van der Waals surface area (Å²) in [5, 5.41) is 12.1. The molecule has 0 aliphatic carbocycles. The Morgan fingerprint density at radius 2 is 1.86 bits per heavy atom. The third-order valence-corrected chi connectivity index (χ3v) is 3.42. The third kappa shape index (κ3) is 8.10. The van der Waals surface area contributed by atoms with E-state index < -0.39 is 5.97 Å². The van der Waals surface area contributed by atoms with Gasteiger partial charge in [0.05, 0.1) is 5.02 Å². The van der Waals surface area contributed by atoms with Gasteiger partial charge in [0.2, 0.25) is 0 Å². The maximum absolute atomic E-state index is 11.6. The number of ether oxygens (including phenoxy) is 1. The van der Waals surface area contributed by atoms with Gasteiger partial charge in [-0.25, -0.2) is 0 Å². The minimum absolute atomic E-state index is 0.111. The number of carboxylic acids is 1. The summed E-state index contributed by atoms with van der Waals surface area (Å²) in [5.74, 6) is -0.585. The normalized spacial score (nSPS) is 10.3. The number of hydrogen-bond acceptors (Lipinski definition) is 3. The first kappa shape index (κ1) is 18.6. The van der Waals surface area contributed by atoms with Gasteiger partial charge in [-0.3, -0.25) is 9.59 Å². The monoisotopic (exact) mass is 347 g/mol. The SMILES string of the molecule is O=C(O)CCCCCCNC(=O)COc1ccc(Cl)cc1Cl. The molecule has 0 aliphatic rings. The van der Waals surface area contributed by atoms with Gasteiger partial charge in [0.15, 0.2) is 6.61 Å². The quantitative estimate of drug-likeness (QED) is 0.635. The zero-order valence-corrected chi connectivity index (χ0v) is 13.6. The molecule has 0 aromatic heterocycles. The molecule has 1 amide bonds. The van der Waals surface area contributed by atoms with E-state index in [4.69, 9.17) is 33.0 Å². The van der Waals surface area contributed by atoms with Gasteiger partial charge in [0.1, 0.15) is 5.75 Å². The number of carbonyl (C=O) groups excluding carboxylic acids is 1. The zero-order valence-electron chi connectivity index (χ0n) is 12.1. The maximum Gasteiger partial charge on any atom is 0.303 e. The highest BCUT2D eigenvalue weighted by atomic mass is 35.5. The lowest BCUT2D eigenvalue weighted by atomic mass is 10.1. The fourth-order valence-corrected chi connectivity index (χ4v) is 2.23. The van der Waals surface area contributed by atoms with Crippen LogP contribution >= 0.6 is 23.2 Å². The Morgan fingerprint density at radius 1 is 1.14 bits per heavy atom. The topological polar surface area (TPSA) is 75.6 Å². The Balaban J connectivity index is 2.10. The number of carbonyl (C=O) groups is 2. The molecule has 1 aromatic carbocycles. The van der Waals surface area contributed by atoms with Gasteiger partial charge in [-0.1, -0.05) is 36.0 Å². The second kappa shape index (κ2) is 10.3. The van der Waals surface area contributed by atoms with Crippen molar-refractivity contribution in [1.82, 2.24) is 5.32 Å². The maximum atomic E-state index is 11.6. The summed E-state index contributed by atoms with van der Waals surface area (Å²) in [6.45, 7) is 0.435. The van der Waals surface area contributed by atoms with E-state index >= 15 is 0 Å². The Hall–Kier alpha value is -1.46. The van der Waals surface area contributed by atoms with Crippen LogP contribution < -0.4 is 10.1 Å². The molecule has 122 valence electrons. The van der Waals surface area contributed by atoms with Crippen LogP contribution in [-0.2, 0) is 9.59 Å². The van der Waals surface area contributed by atoms with E-state index in [0.29, 0.717) is 28.8 Å². The molecule has 7 heteroatoms. The van der Waals surface area contributed by atoms with Crippen molar-refractivity contribution in [3.8, 4) is 5.75 Å². The highest BCUT2D eigenvalue weighted by Crippen LogP contribution is 2.27. The Morgan fingerprint density at radius 3 is 2.55 bits per heavy atom. The summed E-state index contributed by atoms with van der Waals surface area (Å²) in [6, 6.07) is 4.80. The van der Waals surface area contributed by atoms with Crippen LogP contribution in [0.4, 0.5) is 0 Å². The molecule has 2 N–H and O–H groups in total. The van der Waals surface area contributed by atoms with Gasteiger partial charge in [-0.15, -0.1) is 0 Å². The van der Waals surface area contributed by atoms with Gasteiger partial charge in [-0.2, -0.15) is 0 Å². The molecule has 0 heterocycles. The molecule has 0 radical (unpaired) electrons. The molecule has 0 unspecified atom stereocenters. The Labute approximate surface area is 139 Å². The fourth-order valence-electron chi connectivity index (χ4n) is 1.77. The third-order valence-electron chi connectivity index (χ3n) is 2.89. The molecule has 0 saturated carbocycles. The van der Waals surface area contributed by atoms with Crippen LogP contribution in [-0.4, -0.2) is 30.1 Å².